The summed E-state index contributed by atoms with van der Waals surface area (Å²) in [7, 11) is 0. The number of rotatable bonds is 3. The summed E-state index contributed by atoms with van der Waals surface area (Å²) >= 11 is 0. The van der Waals surface area contributed by atoms with Gasteiger partial charge in [0.15, 0.2) is 0 Å². The third-order valence-corrected chi connectivity index (χ3v) is 5.52. The highest BCUT2D eigenvalue weighted by molar-refractivity contribution is 4.74. The number of piperidine rings is 2. The van der Waals surface area contributed by atoms with Gasteiger partial charge < -0.3 is 10.2 Å². The second-order valence-corrected chi connectivity index (χ2v) is 7.49. The summed E-state index contributed by atoms with van der Waals surface area (Å²) in [5.41, 5.74) is 0. The van der Waals surface area contributed by atoms with Crippen LogP contribution in [0.1, 0.15) is 65.2 Å². The summed E-state index contributed by atoms with van der Waals surface area (Å²) in [6.45, 7) is 11.3. The van der Waals surface area contributed by atoms with Crippen LogP contribution in [0.3, 0.4) is 0 Å². The van der Waals surface area contributed by atoms with E-state index >= 15 is 0 Å². The Morgan fingerprint density at radius 3 is 2.00 bits per heavy atom. The normalized spacial score (nSPS) is 25.9. The number of likely N-dealkylation sites (tertiary alicyclic amines) is 1. The van der Waals surface area contributed by atoms with Crippen molar-refractivity contribution in [3.05, 3.63) is 0 Å². The van der Waals surface area contributed by atoms with Gasteiger partial charge in [0.25, 0.3) is 0 Å². The number of hydrogen-bond donors (Lipinski definition) is 1. The van der Waals surface area contributed by atoms with Crippen molar-refractivity contribution in [2.45, 2.75) is 65.2 Å². The Balaban J connectivity index is 0.000000178. The molecule has 0 amide bonds. The molecular formula is C18H36N2. The number of nitrogens with one attached hydrogen (secondary N) is 1. The molecule has 0 radical (unpaired) electrons. The van der Waals surface area contributed by atoms with Crippen LogP contribution in [0.25, 0.3) is 0 Å². The summed E-state index contributed by atoms with van der Waals surface area (Å²) in [6.07, 6.45) is 11.6. The van der Waals surface area contributed by atoms with E-state index in [0.29, 0.717) is 0 Å². The lowest BCUT2D eigenvalue weighted by Crippen LogP contribution is -2.38. The van der Waals surface area contributed by atoms with Crippen LogP contribution in [0, 0.1) is 17.8 Å². The van der Waals surface area contributed by atoms with Crippen molar-refractivity contribution in [2.24, 2.45) is 17.8 Å². The van der Waals surface area contributed by atoms with Crippen LogP contribution < -0.4 is 5.32 Å². The molecular weight excluding hydrogens is 244 g/mol. The monoisotopic (exact) mass is 280 g/mol. The van der Waals surface area contributed by atoms with E-state index < -0.39 is 0 Å². The van der Waals surface area contributed by atoms with Crippen LogP contribution in [0.2, 0.25) is 0 Å². The molecule has 2 heterocycles. The van der Waals surface area contributed by atoms with E-state index in [2.05, 4.69) is 24.1 Å². The Morgan fingerprint density at radius 2 is 1.55 bits per heavy atom. The Hall–Kier alpha value is -0.0800. The van der Waals surface area contributed by atoms with Crippen molar-refractivity contribution >= 4 is 0 Å². The molecule has 2 nitrogen and oxygen atoms in total. The maximum Gasteiger partial charge on any atom is 0.00106 e. The molecule has 1 aliphatic carbocycles. The van der Waals surface area contributed by atoms with Gasteiger partial charge in [-0.1, -0.05) is 39.5 Å². The van der Waals surface area contributed by atoms with Crippen LogP contribution in [0.4, 0.5) is 0 Å². The van der Waals surface area contributed by atoms with Gasteiger partial charge in [-0.3, -0.25) is 0 Å². The minimum Gasteiger partial charge on any atom is -0.317 e. The molecule has 0 aromatic carbocycles. The highest BCUT2D eigenvalue weighted by Crippen LogP contribution is 2.32. The number of nitrogens with zero attached hydrogens (tertiary/aromatic N) is 1. The van der Waals surface area contributed by atoms with E-state index in [0.717, 1.165) is 17.8 Å². The molecule has 0 atom stereocenters. The van der Waals surface area contributed by atoms with E-state index in [1.807, 2.05) is 0 Å². The van der Waals surface area contributed by atoms with Crippen molar-refractivity contribution < 1.29 is 0 Å². The first-order chi connectivity index (χ1) is 9.75. The summed E-state index contributed by atoms with van der Waals surface area (Å²) < 4.78 is 0. The van der Waals surface area contributed by atoms with Gasteiger partial charge in [0.1, 0.15) is 0 Å². The maximum absolute atomic E-state index is 3.43. The second-order valence-electron chi connectivity index (χ2n) is 7.49. The minimum absolute atomic E-state index is 0.953. The van der Waals surface area contributed by atoms with Crippen LogP contribution >= 0.6 is 0 Å². The maximum atomic E-state index is 3.43. The molecule has 0 unspecified atom stereocenters. The zero-order valence-corrected chi connectivity index (χ0v) is 13.9. The molecule has 0 spiro atoms. The van der Waals surface area contributed by atoms with Gasteiger partial charge in [-0.15, -0.1) is 0 Å². The van der Waals surface area contributed by atoms with Crippen molar-refractivity contribution in [3.8, 4) is 0 Å². The summed E-state index contributed by atoms with van der Waals surface area (Å²) in [5.74, 6) is 3.02. The fraction of sp³-hybridized carbons (Fsp3) is 1.00. The average Bonchev–Trinajstić information content (AvgIpc) is 2.39. The minimum atomic E-state index is 0.953. The smallest absolute Gasteiger partial charge is 0.00106 e. The van der Waals surface area contributed by atoms with Crippen molar-refractivity contribution in [1.82, 2.24) is 10.2 Å². The highest BCUT2D eigenvalue weighted by Gasteiger charge is 2.20. The van der Waals surface area contributed by atoms with Crippen molar-refractivity contribution in [2.75, 3.05) is 32.7 Å². The predicted octanol–water partition coefficient (Wildman–Crippen LogP) is 3.91. The third-order valence-electron chi connectivity index (χ3n) is 5.52. The molecule has 2 saturated heterocycles. The third kappa shape index (κ3) is 5.73. The Bertz CT molecular complexity index is 220. The summed E-state index contributed by atoms with van der Waals surface area (Å²) in [6, 6.07) is 0. The Morgan fingerprint density at radius 1 is 0.900 bits per heavy atom. The Kier molecular flexibility index (Phi) is 7.37. The SMILES string of the molecule is C1CCN(CC2CCNCC2)CC1.CC(C)C1CCC1. The molecule has 0 aromatic rings. The van der Waals surface area contributed by atoms with Crippen LogP contribution in [-0.4, -0.2) is 37.6 Å². The lowest BCUT2D eigenvalue weighted by molar-refractivity contribution is 0.177. The molecule has 0 bridgehead atoms. The average molecular weight is 280 g/mol. The topological polar surface area (TPSA) is 15.3 Å². The molecule has 2 aliphatic heterocycles. The quantitative estimate of drug-likeness (QED) is 0.843. The largest absolute Gasteiger partial charge is 0.317 e. The van der Waals surface area contributed by atoms with E-state index in [1.54, 1.807) is 0 Å². The fourth-order valence-electron chi connectivity index (χ4n) is 3.68. The van der Waals surface area contributed by atoms with E-state index in [4.69, 9.17) is 0 Å². The van der Waals surface area contributed by atoms with Crippen molar-refractivity contribution in [3.63, 3.8) is 0 Å². The predicted molar refractivity (Wildman–Crippen MR) is 88.1 cm³/mol. The van der Waals surface area contributed by atoms with Gasteiger partial charge >= 0.3 is 0 Å². The lowest BCUT2D eigenvalue weighted by Gasteiger charge is -2.32. The Labute approximate surface area is 126 Å². The van der Waals surface area contributed by atoms with E-state index in [9.17, 15) is 0 Å². The molecule has 1 saturated carbocycles. The second kappa shape index (κ2) is 9.04. The van der Waals surface area contributed by atoms with E-state index in [1.165, 1.54) is 84.1 Å². The molecule has 118 valence electrons. The zero-order chi connectivity index (χ0) is 14.2. The van der Waals surface area contributed by atoms with Gasteiger partial charge in [-0.2, -0.15) is 0 Å². The standard InChI is InChI=1S/C11H22N2.C7H14/c1-2-8-13(9-3-1)10-11-4-6-12-7-5-11;1-6(2)7-4-3-5-7/h11-12H,1-10H2;6-7H,3-5H2,1-2H3. The molecule has 3 rings (SSSR count). The highest BCUT2D eigenvalue weighted by atomic mass is 15.1. The first-order valence-corrected chi connectivity index (χ1v) is 9.19. The zero-order valence-electron chi connectivity index (χ0n) is 13.9. The van der Waals surface area contributed by atoms with Crippen molar-refractivity contribution in [1.29, 1.82) is 0 Å². The molecule has 1 N–H and O–H groups in total. The van der Waals surface area contributed by atoms with Crippen LogP contribution in [0.5, 0.6) is 0 Å². The number of hydrogen-bond acceptors (Lipinski definition) is 2. The lowest BCUT2D eigenvalue weighted by atomic mass is 9.78. The first-order valence-electron chi connectivity index (χ1n) is 9.19. The van der Waals surface area contributed by atoms with Gasteiger partial charge in [0.05, 0.1) is 0 Å². The van der Waals surface area contributed by atoms with Gasteiger partial charge in [0, 0.05) is 6.54 Å². The van der Waals surface area contributed by atoms with Crippen LogP contribution in [0.15, 0.2) is 0 Å². The molecule has 20 heavy (non-hydrogen) atoms. The van der Waals surface area contributed by atoms with Crippen LogP contribution in [-0.2, 0) is 0 Å². The molecule has 2 heteroatoms. The molecule has 3 fully saturated rings. The summed E-state index contributed by atoms with van der Waals surface area (Å²) in [4.78, 5) is 2.68. The van der Waals surface area contributed by atoms with Gasteiger partial charge in [-0.05, 0) is 69.6 Å². The molecule has 3 aliphatic rings. The van der Waals surface area contributed by atoms with Gasteiger partial charge in [-0.25, -0.2) is 0 Å². The fourth-order valence-corrected chi connectivity index (χ4v) is 3.68. The van der Waals surface area contributed by atoms with E-state index in [-0.39, 0.29) is 0 Å². The molecule has 0 aromatic heterocycles. The summed E-state index contributed by atoms with van der Waals surface area (Å²) in [5, 5.41) is 3.43. The first kappa shape index (κ1) is 16.3. The van der Waals surface area contributed by atoms with Gasteiger partial charge in [0.2, 0.25) is 0 Å².